The molecule has 3 aromatic carbocycles. The molecule has 3 aromatic rings. The van der Waals surface area contributed by atoms with E-state index < -0.39 is 0 Å². The van der Waals surface area contributed by atoms with Crippen molar-refractivity contribution in [2.45, 2.75) is 4.90 Å². The molecule has 0 aliphatic heterocycles. The van der Waals surface area contributed by atoms with Gasteiger partial charge >= 0.3 is 0 Å². The van der Waals surface area contributed by atoms with Gasteiger partial charge < -0.3 is 5.32 Å². The van der Waals surface area contributed by atoms with Crippen molar-refractivity contribution < 1.29 is 4.79 Å². The average molecular weight is 328 g/mol. The molecule has 0 saturated heterocycles. The quantitative estimate of drug-likeness (QED) is 0.646. The minimum atomic E-state index is -0.197. The molecule has 0 bridgehead atoms. The summed E-state index contributed by atoms with van der Waals surface area (Å²) < 4.78 is 0. The fourth-order valence-corrected chi connectivity index (χ4v) is 2.97. The van der Waals surface area contributed by atoms with Crippen molar-refractivity contribution in [2.75, 3.05) is 11.6 Å². The zero-order valence-corrected chi connectivity index (χ0v) is 13.5. The van der Waals surface area contributed by atoms with Crippen LogP contribution < -0.4 is 5.32 Å². The smallest absolute Gasteiger partial charge is 0.257 e. The molecule has 22 heavy (non-hydrogen) atoms. The summed E-state index contributed by atoms with van der Waals surface area (Å²) in [4.78, 5) is 13.5. The van der Waals surface area contributed by atoms with E-state index >= 15 is 0 Å². The van der Waals surface area contributed by atoms with Gasteiger partial charge in [0.15, 0.2) is 0 Å². The maximum absolute atomic E-state index is 12.5. The van der Waals surface area contributed by atoms with Gasteiger partial charge in [0.1, 0.15) is 0 Å². The number of fused-ring (bicyclic) bond motifs is 1. The van der Waals surface area contributed by atoms with Crippen LogP contribution in [0.3, 0.4) is 0 Å². The normalized spacial score (nSPS) is 10.6. The van der Waals surface area contributed by atoms with Crippen molar-refractivity contribution in [2.24, 2.45) is 0 Å². The maximum Gasteiger partial charge on any atom is 0.257 e. The Morgan fingerprint density at radius 2 is 1.82 bits per heavy atom. The van der Waals surface area contributed by atoms with Crippen LogP contribution in [0.5, 0.6) is 0 Å². The van der Waals surface area contributed by atoms with Crippen LogP contribution in [0, 0.1) is 0 Å². The number of halogens is 1. The summed E-state index contributed by atoms with van der Waals surface area (Å²) in [5, 5.41) is 5.51. The number of rotatable bonds is 3. The van der Waals surface area contributed by atoms with Crippen LogP contribution in [0.4, 0.5) is 5.69 Å². The van der Waals surface area contributed by atoms with Gasteiger partial charge in [-0.05, 0) is 35.9 Å². The Kier molecular flexibility index (Phi) is 4.36. The lowest BCUT2D eigenvalue weighted by Crippen LogP contribution is -2.12. The van der Waals surface area contributed by atoms with Gasteiger partial charge in [-0.3, -0.25) is 4.79 Å². The van der Waals surface area contributed by atoms with E-state index in [1.165, 1.54) is 0 Å². The molecule has 0 unspecified atom stereocenters. The molecule has 0 heterocycles. The second-order valence-corrected chi connectivity index (χ2v) is 6.11. The highest BCUT2D eigenvalue weighted by atomic mass is 35.5. The molecule has 0 atom stereocenters. The number of carbonyl (C=O) groups is 1. The molecular formula is C18H14ClNOS. The first kappa shape index (κ1) is 14.9. The number of amides is 1. The van der Waals surface area contributed by atoms with Gasteiger partial charge in [0, 0.05) is 16.0 Å². The molecule has 0 aliphatic carbocycles. The van der Waals surface area contributed by atoms with E-state index in [0.29, 0.717) is 10.6 Å². The Balaban J connectivity index is 1.97. The predicted octanol–water partition coefficient (Wildman–Crippen LogP) is 5.47. The minimum absolute atomic E-state index is 0.197. The van der Waals surface area contributed by atoms with Crippen LogP contribution >= 0.6 is 23.4 Å². The van der Waals surface area contributed by atoms with E-state index in [1.807, 2.05) is 60.9 Å². The molecule has 0 spiro atoms. The highest BCUT2D eigenvalue weighted by molar-refractivity contribution is 7.98. The van der Waals surface area contributed by atoms with Crippen molar-refractivity contribution in [1.29, 1.82) is 0 Å². The van der Waals surface area contributed by atoms with Crippen LogP contribution in [0.15, 0.2) is 65.6 Å². The first-order valence-electron chi connectivity index (χ1n) is 6.81. The summed E-state index contributed by atoms with van der Waals surface area (Å²) in [6.45, 7) is 0. The highest BCUT2D eigenvalue weighted by Crippen LogP contribution is 2.26. The molecule has 110 valence electrons. The molecule has 0 saturated carbocycles. The van der Waals surface area contributed by atoms with E-state index in [-0.39, 0.29) is 5.91 Å². The van der Waals surface area contributed by atoms with E-state index in [4.69, 9.17) is 11.6 Å². The molecule has 0 aliphatic rings. The maximum atomic E-state index is 12.5. The number of benzene rings is 3. The third kappa shape index (κ3) is 2.96. The van der Waals surface area contributed by atoms with Crippen LogP contribution in [-0.2, 0) is 0 Å². The van der Waals surface area contributed by atoms with Gasteiger partial charge in [-0.2, -0.15) is 0 Å². The number of hydrogen-bond acceptors (Lipinski definition) is 2. The Hall–Kier alpha value is -1.97. The standard InChI is InChI=1S/C18H14ClNOS/c1-22-13-9-10-16(19)15(11-13)18(21)20-17-8-4-6-12-5-2-3-7-14(12)17/h2-11H,1H3,(H,20,21). The second-order valence-electron chi connectivity index (χ2n) is 4.83. The topological polar surface area (TPSA) is 29.1 Å². The Labute approximate surface area is 138 Å². The van der Waals surface area contributed by atoms with Crippen molar-refractivity contribution in [1.82, 2.24) is 0 Å². The molecule has 0 aromatic heterocycles. The van der Waals surface area contributed by atoms with Gasteiger partial charge in [0.2, 0.25) is 0 Å². The molecule has 1 N–H and O–H groups in total. The number of hydrogen-bond donors (Lipinski definition) is 1. The van der Waals surface area contributed by atoms with Gasteiger partial charge in [-0.15, -0.1) is 11.8 Å². The van der Waals surface area contributed by atoms with Crippen LogP contribution in [0.25, 0.3) is 10.8 Å². The predicted molar refractivity (Wildman–Crippen MR) is 95.1 cm³/mol. The monoisotopic (exact) mass is 327 g/mol. The summed E-state index contributed by atoms with van der Waals surface area (Å²) in [7, 11) is 0. The highest BCUT2D eigenvalue weighted by Gasteiger charge is 2.12. The summed E-state index contributed by atoms with van der Waals surface area (Å²) in [5.41, 5.74) is 1.27. The number of anilines is 1. The Bertz CT molecular complexity index is 842. The Morgan fingerprint density at radius 3 is 2.64 bits per heavy atom. The van der Waals surface area contributed by atoms with Crippen molar-refractivity contribution in [3.05, 3.63) is 71.2 Å². The summed E-state index contributed by atoms with van der Waals surface area (Å²) >= 11 is 7.74. The Morgan fingerprint density at radius 1 is 1.05 bits per heavy atom. The molecule has 0 fully saturated rings. The van der Waals surface area contributed by atoms with Gasteiger partial charge in [-0.25, -0.2) is 0 Å². The minimum Gasteiger partial charge on any atom is -0.321 e. The van der Waals surface area contributed by atoms with Gasteiger partial charge in [-0.1, -0.05) is 48.0 Å². The second kappa shape index (κ2) is 6.42. The van der Waals surface area contributed by atoms with Crippen molar-refractivity contribution >= 4 is 45.7 Å². The molecular weight excluding hydrogens is 314 g/mol. The fourth-order valence-electron chi connectivity index (χ4n) is 2.33. The third-order valence-corrected chi connectivity index (χ3v) is 4.51. The largest absolute Gasteiger partial charge is 0.321 e. The van der Waals surface area contributed by atoms with E-state index in [1.54, 1.807) is 17.8 Å². The molecule has 0 radical (unpaired) electrons. The van der Waals surface area contributed by atoms with Crippen molar-refractivity contribution in [3.8, 4) is 0 Å². The van der Waals surface area contributed by atoms with Crippen LogP contribution in [0.1, 0.15) is 10.4 Å². The zero-order chi connectivity index (χ0) is 15.5. The fraction of sp³-hybridized carbons (Fsp3) is 0.0556. The molecule has 3 rings (SSSR count). The van der Waals surface area contributed by atoms with Crippen molar-refractivity contribution in [3.63, 3.8) is 0 Å². The van der Waals surface area contributed by atoms with Gasteiger partial charge in [0.25, 0.3) is 5.91 Å². The third-order valence-electron chi connectivity index (χ3n) is 3.46. The first-order valence-corrected chi connectivity index (χ1v) is 8.42. The molecule has 1 amide bonds. The van der Waals surface area contributed by atoms with Gasteiger partial charge in [0.05, 0.1) is 10.6 Å². The van der Waals surface area contributed by atoms with E-state index in [9.17, 15) is 4.79 Å². The average Bonchev–Trinajstić information content (AvgIpc) is 2.55. The SMILES string of the molecule is CSc1ccc(Cl)c(C(=O)Nc2cccc3ccccc23)c1. The lowest BCUT2D eigenvalue weighted by molar-refractivity contribution is 0.102. The zero-order valence-electron chi connectivity index (χ0n) is 12.0. The van der Waals surface area contributed by atoms with E-state index in [2.05, 4.69) is 5.32 Å². The first-order chi connectivity index (χ1) is 10.7. The number of thioether (sulfide) groups is 1. The number of nitrogens with one attached hydrogen (secondary N) is 1. The summed E-state index contributed by atoms with van der Waals surface area (Å²) in [5.74, 6) is -0.197. The van der Waals surface area contributed by atoms with E-state index in [0.717, 1.165) is 21.4 Å². The lowest BCUT2D eigenvalue weighted by Gasteiger charge is -2.10. The molecule has 2 nitrogen and oxygen atoms in total. The molecule has 4 heteroatoms. The summed E-state index contributed by atoms with van der Waals surface area (Å²) in [6, 6.07) is 19.3. The summed E-state index contributed by atoms with van der Waals surface area (Å²) in [6.07, 6.45) is 1.97. The van der Waals surface area contributed by atoms with Crippen LogP contribution in [-0.4, -0.2) is 12.2 Å². The number of carbonyl (C=O) groups excluding carboxylic acids is 1. The van der Waals surface area contributed by atoms with Crippen LogP contribution in [0.2, 0.25) is 5.02 Å². The lowest BCUT2D eigenvalue weighted by atomic mass is 10.1.